The van der Waals surface area contributed by atoms with E-state index >= 15 is 0 Å². The van der Waals surface area contributed by atoms with E-state index in [1.165, 1.54) is 0 Å². The lowest BCUT2D eigenvalue weighted by atomic mass is 10.5. The van der Waals surface area contributed by atoms with Gasteiger partial charge in [0.15, 0.2) is 5.52 Å². The number of nitrogens with one attached hydrogen (secondary N) is 1. The summed E-state index contributed by atoms with van der Waals surface area (Å²) in [6, 6.07) is 0. The first-order valence-electron chi connectivity index (χ1n) is 3.64. The van der Waals surface area contributed by atoms with Crippen molar-refractivity contribution < 1.29 is 19.0 Å². The third kappa shape index (κ3) is 1.89. The van der Waals surface area contributed by atoms with Crippen molar-refractivity contribution in [3.05, 3.63) is 23.0 Å². The van der Waals surface area contributed by atoms with E-state index in [1.54, 1.807) is 0 Å². The van der Waals surface area contributed by atoms with Crippen LogP contribution in [0.3, 0.4) is 0 Å². The first kappa shape index (κ1) is 9.84. The van der Waals surface area contributed by atoms with E-state index in [4.69, 9.17) is 9.79 Å². The van der Waals surface area contributed by atoms with Crippen molar-refractivity contribution in [3.8, 4) is 0 Å². The van der Waals surface area contributed by atoms with Gasteiger partial charge in [0.1, 0.15) is 6.33 Å². The molecule has 2 heterocycles. The normalized spacial score (nSPS) is 11.9. The Kier molecular flexibility index (Phi) is 2.07. The average Bonchev–Trinajstić information content (AvgIpc) is 2.48. The lowest BCUT2D eigenvalue weighted by molar-refractivity contribution is 0.183. The van der Waals surface area contributed by atoms with Gasteiger partial charge in [-0.3, -0.25) is 14.6 Å². The van der Waals surface area contributed by atoms with E-state index in [0.717, 1.165) is 12.7 Å². The van der Waals surface area contributed by atoms with Crippen molar-refractivity contribution in [2.45, 2.75) is 0 Å². The second-order valence-corrected chi connectivity index (χ2v) is 3.69. The van der Waals surface area contributed by atoms with Crippen molar-refractivity contribution in [1.82, 2.24) is 19.7 Å². The summed E-state index contributed by atoms with van der Waals surface area (Å²) in [5, 5.41) is 0. The van der Waals surface area contributed by atoms with Crippen LogP contribution in [0, 0.1) is 0 Å². The topological polar surface area (TPSA) is 130 Å². The van der Waals surface area contributed by atoms with Crippen molar-refractivity contribution in [2.75, 3.05) is 0 Å². The molecule has 0 fully saturated rings. The Morgan fingerprint density at radius 1 is 1.47 bits per heavy atom. The smallest absolute Gasteiger partial charge is 0.311 e. The number of nitrogens with zero attached hydrogens (tertiary/aromatic N) is 3. The maximum atomic E-state index is 11.1. The van der Waals surface area contributed by atoms with E-state index in [9.17, 15) is 9.36 Å². The third-order valence-corrected chi connectivity index (χ3v) is 1.89. The first-order chi connectivity index (χ1) is 6.97. The standard InChI is InChI=1S/C5H5N4O5P/c10-5-3-4(6-1-7-5)9(2-8-3)14-15(11,12)13/h1-2H,(H,6,7,10)(H2,11,12,13). The molecule has 10 heteroatoms. The van der Waals surface area contributed by atoms with Gasteiger partial charge in [0.05, 0.1) is 6.33 Å². The fourth-order valence-electron chi connectivity index (χ4n) is 1.000. The van der Waals surface area contributed by atoms with Crippen LogP contribution in [-0.4, -0.2) is 29.5 Å². The van der Waals surface area contributed by atoms with E-state index in [2.05, 4.69) is 19.6 Å². The highest BCUT2D eigenvalue weighted by atomic mass is 31.2. The second kappa shape index (κ2) is 3.16. The number of aromatic amines is 1. The van der Waals surface area contributed by atoms with Gasteiger partial charge in [-0.1, -0.05) is 0 Å². The molecule has 0 radical (unpaired) electrons. The number of phosphoric acid groups is 1. The molecule has 2 rings (SSSR count). The second-order valence-electron chi connectivity index (χ2n) is 2.55. The van der Waals surface area contributed by atoms with Crippen LogP contribution >= 0.6 is 7.82 Å². The highest BCUT2D eigenvalue weighted by molar-refractivity contribution is 7.46. The zero-order valence-electron chi connectivity index (χ0n) is 7.06. The summed E-state index contributed by atoms with van der Waals surface area (Å²) in [5.74, 6) is 0. The van der Waals surface area contributed by atoms with Crippen LogP contribution in [0.25, 0.3) is 11.2 Å². The molecule has 3 N–H and O–H groups in total. The van der Waals surface area contributed by atoms with Gasteiger partial charge in [0.2, 0.25) is 5.65 Å². The summed E-state index contributed by atoms with van der Waals surface area (Å²) >= 11 is 0. The van der Waals surface area contributed by atoms with Gasteiger partial charge < -0.3 is 9.61 Å². The molecule has 0 bridgehead atoms. The Morgan fingerprint density at radius 3 is 2.87 bits per heavy atom. The van der Waals surface area contributed by atoms with Crippen molar-refractivity contribution >= 4 is 19.0 Å². The van der Waals surface area contributed by atoms with Crippen molar-refractivity contribution in [2.24, 2.45) is 0 Å². The van der Waals surface area contributed by atoms with Gasteiger partial charge >= 0.3 is 7.82 Å². The molecule has 2 aromatic rings. The number of hydrogen-bond donors (Lipinski definition) is 3. The zero-order chi connectivity index (χ0) is 11.1. The molecular formula is C5H5N4O5P. The summed E-state index contributed by atoms with van der Waals surface area (Å²) in [4.78, 5) is 37.7. The molecule has 0 atom stereocenters. The molecule has 80 valence electrons. The Hall–Kier alpha value is -1.70. The van der Waals surface area contributed by atoms with Gasteiger partial charge in [-0.15, -0.1) is 4.73 Å². The molecule has 0 aliphatic carbocycles. The van der Waals surface area contributed by atoms with Crippen LogP contribution in [0.5, 0.6) is 0 Å². The third-order valence-electron chi connectivity index (χ3n) is 1.50. The number of fused-ring (bicyclic) bond motifs is 1. The number of H-pyrrole nitrogens is 1. The summed E-state index contributed by atoms with van der Waals surface area (Å²) in [5.41, 5.74) is -0.652. The van der Waals surface area contributed by atoms with Gasteiger partial charge in [-0.25, -0.2) is 14.5 Å². The monoisotopic (exact) mass is 232 g/mol. The number of imidazole rings is 1. The van der Waals surface area contributed by atoms with Crippen LogP contribution < -0.4 is 10.2 Å². The highest BCUT2D eigenvalue weighted by Crippen LogP contribution is 2.31. The number of rotatable bonds is 2. The molecular weight excluding hydrogens is 227 g/mol. The Labute approximate surface area is 81.6 Å². The van der Waals surface area contributed by atoms with E-state index in [0.29, 0.717) is 4.73 Å². The van der Waals surface area contributed by atoms with Crippen LogP contribution in [0.1, 0.15) is 0 Å². The molecule has 0 saturated carbocycles. The largest absolute Gasteiger partial charge is 0.543 e. The number of hydrogen-bond acceptors (Lipinski definition) is 5. The fraction of sp³-hybridized carbons (Fsp3) is 0. The van der Waals surface area contributed by atoms with Crippen molar-refractivity contribution in [1.29, 1.82) is 0 Å². The SMILES string of the molecule is O=c1[nH]cnc2c1ncn2OP(=O)(O)O. The highest BCUT2D eigenvalue weighted by Gasteiger charge is 2.19. The minimum absolute atomic E-state index is 0.0639. The van der Waals surface area contributed by atoms with E-state index in [1.807, 2.05) is 0 Å². The predicted octanol–water partition coefficient (Wildman–Crippen LogP) is -1.36. The maximum absolute atomic E-state index is 11.1. The zero-order valence-corrected chi connectivity index (χ0v) is 7.96. The molecule has 0 saturated heterocycles. The molecule has 0 aromatic carbocycles. The molecule has 15 heavy (non-hydrogen) atoms. The molecule has 0 aliphatic heterocycles. The minimum Gasteiger partial charge on any atom is -0.311 e. The lowest BCUT2D eigenvalue weighted by Gasteiger charge is -2.05. The summed E-state index contributed by atoms with van der Waals surface area (Å²) in [6.45, 7) is 0. The molecule has 0 unspecified atom stereocenters. The average molecular weight is 232 g/mol. The van der Waals surface area contributed by atoms with E-state index < -0.39 is 13.4 Å². The molecule has 2 aromatic heterocycles. The van der Waals surface area contributed by atoms with Gasteiger partial charge in [0.25, 0.3) is 5.56 Å². The first-order valence-corrected chi connectivity index (χ1v) is 5.17. The Morgan fingerprint density at radius 2 is 2.20 bits per heavy atom. The van der Waals surface area contributed by atoms with Crippen LogP contribution in [-0.2, 0) is 4.57 Å². The maximum Gasteiger partial charge on any atom is 0.543 e. The Bertz CT molecular complexity index is 597. The fourth-order valence-corrected chi connectivity index (χ4v) is 1.35. The quantitative estimate of drug-likeness (QED) is 0.545. The van der Waals surface area contributed by atoms with E-state index in [-0.39, 0.29) is 11.2 Å². The molecule has 0 aliphatic rings. The van der Waals surface area contributed by atoms with Crippen LogP contribution in [0.15, 0.2) is 17.4 Å². The lowest BCUT2D eigenvalue weighted by Crippen LogP contribution is -2.11. The van der Waals surface area contributed by atoms with Gasteiger partial charge in [-0.05, 0) is 0 Å². The summed E-state index contributed by atoms with van der Waals surface area (Å²) in [7, 11) is -4.70. The van der Waals surface area contributed by atoms with Gasteiger partial charge in [0, 0.05) is 0 Å². The summed E-state index contributed by atoms with van der Waals surface area (Å²) < 4.78 is 15.4. The molecule has 9 nitrogen and oxygen atoms in total. The Balaban J connectivity index is 2.60. The van der Waals surface area contributed by atoms with Crippen LogP contribution in [0.4, 0.5) is 0 Å². The molecule has 0 amide bonds. The van der Waals surface area contributed by atoms with Crippen LogP contribution in [0.2, 0.25) is 0 Å². The number of aromatic nitrogens is 4. The minimum atomic E-state index is -4.70. The summed E-state index contributed by atoms with van der Waals surface area (Å²) in [6.07, 6.45) is 2.03. The van der Waals surface area contributed by atoms with Crippen molar-refractivity contribution in [3.63, 3.8) is 0 Å². The predicted molar refractivity (Wildman–Crippen MR) is 46.8 cm³/mol. The van der Waals surface area contributed by atoms with Gasteiger partial charge in [-0.2, -0.15) is 0 Å². The molecule has 0 spiro atoms.